The summed E-state index contributed by atoms with van der Waals surface area (Å²) in [5.74, 6) is -1.25. The van der Waals surface area contributed by atoms with Gasteiger partial charge in [0.2, 0.25) is 5.91 Å². The summed E-state index contributed by atoms with van der Waals surface area (Å²) in [6, 6.07) is 7.02. The molecule has 2 N–H and O–H groups in total. The van der Waals surface area contributed by atoms with Crippen molar-refractivity contribution in [2.24, 2.45) is 0 Å². The fraction of sp³-hybridized carbons (Fsp3) is 0.385. The first kappa shape index (κ1) is 13.2. The predicted molar refractivity (Wildman–Crippen MR) is 64.7 cm³/mol. The van der Waals surface area contributed by atoms with E-state index in [4.69, 9.17) is 5.11 Å². The molecule has 4 heteroatoms. The van der Waals surface area contributed by atoms with Crippen LogP contribution < -0.4 is 5.32 Å². The zero-order chi connectivity index (χ0) is 12.8. The second-order valence-corrected chi connectivity index (χ2v) is 4.05. The maximum atomic E-state index is 11.5. The third kappa shape index (κ3) is 4.26. The van der Waals surface area contributed by atoms with Crippen molar-refractivity contribution in [1.29, 1.82) is 0 Å². The maximum Gasteiger partial charge on any atom is 0.325 e. The van der Waals surface area contributed by atoms with Crippen LogP contribution in [0.4, 0.5) is 0 Å². The molecule has 0 unspecified atom stereocenters. The number of rotatable bonds is 5. The van der Waals surface area contributed by atoms with Crippen LogP contribution >= 0.6 is 0 Å². The fourth-order valence-corrected chi connectivity index (χ4v) is 1.51. The van der Waals surface area contributed by atoms with Crippen molar-refractivity contribution in [3.8, 4) is 0 Å². The summed E-state index contributed by atoms with van der Waals surface area (Å²) in [4.78, 5) is 22.0. The summed E-state index contributed by atoms with van der Waals surface area (Å²) in [6.07, 6.45) is 0.938. The van der Waals surface area contributed by atoms with Crippen LogP contribution in [0.1, 0.15) is 24.5 Å². The molecule has 1 rings (SSSR count). The zero-order valence-corrected chi connectivity index (χ0v) is 10.1. The third-order valence-corrected chi connectivity index (χ3v) is 2.63. The lowest BCUT2D eigenvalue weighted by Crippen LogP contribution is -2.38. The Morgan fingerprint density at radius 3 is 2.59 bits per heavy atom. The molecule has 0 heterocycles. The van der Waals surface area contributed by atoms with Crippen LogP contribution in [-0.2, 0) is 16.0 Å². The largest absolute Gasteiger partial charge is 0.480 e. The summed E-state index contributed by atoms with van der Waals surface area (Å²) in [5.41, 5.74) is 2.26. The van der Waals surface area contributed by atoms with E-state index in [0.717, 1.165) is 11.1 Å². The topological polar surface area (TPSA) is 66.4 Å². The lowest BCUT2D eigenvalue weighted by Gasteiger charge is -2.09. The lowest BCUT2D eigenvalue weighted by atomic mass is 10.0. The third-order valence-electron chi connectivity index (χ3n) is 2.63. The summed E-state index contributed by atoms with van der Waals surface area (Å²) in [7, 11) is 0. The van der Waals surface area contributed by atoms with Crippen molar-refractivity contribution in [3.63, 3.8) is 0 Å². The van der Waals surface area contributed by atoms with Gasteiger partial charge in [-0.1, -0.05) is 24.3 Å². The van der Waals surface area contributed by atoms with Gasteiger partial charge >= 0.3 is 5.97 Å². The monoisotopic (exact) mass is 235 g/mol. The van der Waals surface area contributed by atoms with Gasteiger partial charge in [-0.05, 0) is 31.4 Å². The molecule has 92 valence electrons. The highest BCUT2D eigenvalue weighted by atomic mass is 16.4. The predicted octanol–water partition coefficient (Wildman–Crippen LogP) is 1.52. The van der Waals surface area contributed by atoms with E-state index in [0.29, 0.717) is 12.8 Å². The first-order valence-corrected chi connectivity index (χ1v) is 5.57. The molecule has 0 aliphatic rings. The Kier molecular flexibility index (Phi) is 4.69. The Balaban J connectivity index is 2.44. The number of hydrogen-bond acceptors (Lipinski definition) is 2. The Morgan fingerprint density at radius 1 is 1.35 bits per heavy atom. The van der Waals surface area contributed by atoms with E-state index in [2.05, 4.69) is 5.32 Å². The van der Waals surface area contributed by atoms with Crippen molar-refractivity contribution in [3.05, 3.63) is 35.4 Å². The Morgan fingerprint density at radius 2 is 2.00 bits per heavy atom. The molecule has 0 aliphatic heterocycles. The Hall–Kier alpha value is -1.84. The van der Waals surface area contributed by atoms with Gasteiger partial charge in [0.05, 0.1) is 0 Å². The molecule has 0 spiro atoms. The molecule has 0 bridgehead atoms. The molecular formula is C13H17NO3. The smallest absolute Gasteiger partial charge is 0.325 e. The van der Waals surface area contributed by atoms with Gasteiger partial charge in [0.1, 0.15) is 6.04 Å². The number of benzene rings is 1. The number of carbonyl (C=O) groups is 2. The van der Waals surface area contributed by atoms with E-state index in [1.54, 1.807) is 0 Å². The van der Waals surface area contributed by atoms with Crippen molar-refractivity contribution < 1.29 is 14.7 Å². The SMILES string of the molecule is Cc1ccccc1CCC(=O)N[C@@H](C)C(=O)O. The molecule has 0 aliphatic carbocycles. The summed E-state index contributed by atoms with van der Waals surface area (Å²) in [5, 5.41) is 11.1. The quantitative estimate of drug-likeness (QED) is 0.813. The van der Waals surface area contributed by atoms with Crippen molar-refractivity contribution in [2.75, 3.05) is 0 Å². The van der Waals surface area contributed by atoms with Crippen molar-refractivity contribution in [1.82, 2.24) is 5.32 Å². The molecule has 0 saturated carbocycles. The van der Waals surface area contributed by atoms with E-state index in [1.807, 2.05) is 31.2 Å². The minimum atomic E-state index is -1.02. The van der Waals surface area contributed by atoms with Crippen LogP contribution in [0.3, 0.4) is 0 Å². The van der Waals surface area contributed by atoms with Crippen LogP contribution in [0.2, 0.25) is 0 Å². The molecule has 1 aromatic carbocycles. The Labute approximate surface area is 101 Å². The first-order valence-electron chi connectivity index (χ1n) is 5.57. The highest BCUT2D eigenvalue weighted by molar-refractivity contribution is 5.83. The fourth-order valence-electron chi connectivity index (χ4n) is 1.51. The summed E-state index contributed by atoms with van der Waals surface area (Å²) < 4.78 is 0. The molecule has 1 amide bonds. The average molecular weight is 235 g/mol. The number of carboxylic acids is 1. The average Bonchev–Trinajstić information content (AvgIpc) is 2.27. The van der Waals surface area contributed by atoms with Crippen LogP contribution in [0, 0.1) is 6.92 Å². The van der Waals surface area contributed by atoms with Gasteiger partial charge in [0, 0.05) is 6.42 Å². The van der Waals surface area contributed by atoms with Crippen LogP contribution in [0.5, 0.6) is 0 Å². The van der Waals surface area contributed by atoms with E-state index in [-0.39, 0.29) is 5.91 Å². The van der Waals surface area contributed by atoms with Crippen LogP contribution in [0.15, 0.2) is 24.3 Å². The molecule has 4 nitrogen and oxygen atoms in total. The van der Waals surface area contributed by atoms with E-state index in [9.17, 15) is 9.59 Å². The van der Waals surface area contributed by atoms with Gasteiger partial charge in [-0.25, -0.2) is 0 Å². The van der Waals surface area contributed by atoms with Crippen molar-refractivity contribution in [2.45, 2.75) is 32.7 Å². The summed E-state index contributed by atoms with van der Waals surface area (Å²) in [6.45, 7) is 3.45. The van der Waals surface area contributed by atoms with Gasteiger partial charge in [-0.2, -0.15) is 0 Å². The first-order chi connectivity index (χ1) is 8.00. The van der Waals surface area contributed by atoms with Gasteiger partial charge in [0.15, 0.2) is 0 Å². The second kappa shape index (κ2) is 6.03. The number of aryl methyl sites for hydroxylation is 2. The van der Waals surface area contributed by atoms with E-state index in [1.165, 1.54) is 6.92 Å². The van der Waals surface area contributed by atoms with Crippen LogP contribution in [0.25, 0.3) is 0 Å². The minimum absolute atomic E-state index is 0.233. The zero-order valence-electron chi connectivity index (χ0n) is 10.1. The highest BCUT2D eigenvalue weighted by Crippen LogP contribution is 2.09. The minimum Gasteiger partial charge on any atom is -0.480 e. The van der Waals surface area contributed by atoms with E-state index >= 15 is 0 Å². The molecular weight excluding hydrogens is 218 g/mol. The number of amides is 1. The molecule has 0 saturated heterocycles. The van der Waals surface area contributed by atoms with Gasteiger partial charge < -0.3 is 10.4 Å². The normalized spacial score (nSPS) is 11.9. The van der Waals surface area contributed by atoms with E-state index < -0.39 is 12.0 Å². The molecule has 1 atom stereocenters. The number of nitrogens with one attached hydrogen (secondary N) is 1. The summed E-state index contributed by atoms with van der Waals surface area (Å²) >= 11 is 0. The highest BCUT2D eigenvalue weighted by Gasteiger charge is 2.13. The number of carboxylic acid groups (broad SMARTS) is 1. The van der Waals surface area contributed by atoms with Gasteiger partial charge in [0.25, 0.3) is 0 Å². The lowest BCUT2D eigenvalue weighted by molar-refractivity contribution is -0.141. The van der Waals surface area contributed by atoms with Gasteiger partial charge in [-0.3, -0.25) is 9.59 Å². The number of hydrogen-bond donors (Lipinski definition) is 2. The Bertz CT molecular complexity index is 415. The van der Waals surface area contributed by atoms with Gasteiger partial charge in [-0.15, -0.1) is 0 Å². The maximum absolute atomic E-state index is 11.5. The van der Waals surface area contributed by atoms with Crippen LogP contribution in [-0.4, -0.2) is 23.0 Å². The standard InChI is InChI=1S/C13H17NO3/c1-9-5-3-4-6-11(9)7-8-12(15)14-10(2)13(16)17/h3-6,10H,7-8H2,1-2H3,(H,14,15)(H,16,17)/t10-/m0/s1. The second-order valence-electron chi connectivity index (χ2n) is 4.05. The molecule has 0 aromatic heterocycles. The number of carbonyl (C=O) groups excluding carboxylic acids is 1. The van der Waals surface area contributed by atoms with Crippen molar-refractivity contribution >= 4 is 11.9 Å². The molecule has 17 heavy (non-hydrogen) atoms. The molecule has 1 aromatic rings. The molecule has 0 radical (unpaired) electrons. The molecule has 0 fully saturated rings. The number of aliphatic carboxylic acids is 1.